The van der Waals surface area contributed by atoms with E-state index in [9.17, 15) is 0 Å². The van der Waals surface area contributed by atoms with Crippen LogP contribution in [0.25, 0.3) is 0 Å². The predicted octanol–water partition coefficient (Wildman–Crippen LogP) is 13.7. The third-order valence-corrected chi connectivity index (χ3v) is 12.0. The highest BCUT2D eigenvalue weighted by atomic mass is 28.4. The summed E-state index contributed by atoms with van der Waals surface area (Å²) in [6.45, 7) is 37.2. The third-order valence-electron chi connectivity index (χ3n) is 9.10. The molecule has 3 nitrogen and oxygen atoms in total. The highest BCUT2D eigenvalue weighted by Crippen LogP contribution is 2.48. The minimum Gasteiger partial charge on any atom is -0.412 e. The highest BCUT2D eigenvalue weighted by molar-refractivity contribution is 6.76. The standard InChI is InChI=1S/C27H56O3Si2.3C4H10/c1-12-16-26(3,30-32(9,10)11)19-25(2,20-27(4,28-5)21-31(6,7)8)17-15-22-13-14-23-24(18-22)29-23;3*1-3-4-2/h22-24H,12-21H2,1-11H3;3*3-4H2,1-2H3. The van der Waals surface area contributed by atoms with Crippen molar-refractivity contribution in [3.8, 4) is 0 Å². The van der Waals surface area contributed by atoms with Gasteiger partial charge in [0.25, 0.3) is 0 Å². The van der Waals surface area contributed by atoms with Gasteiger partial charge in [-0.15, -0.1) is 0 Å². The van der Waals surface area contributed by atoms with Gasteiger partial charge < -0.3 is 13.9 Å². The highest BCUT2D eigenvalue weighted by Gasteiger charge is 2.46. The zero-order valence-corrected chi connectivity index (χ0v) is 35.8. The lowest BCUT2D eigenvalue weighted by Gasteiger charge is -2.47. The average Bonchev–Trinajstić information content (AvgIpc) is 3.69. The van der Waals surface area contributed by atoms with E-state index >= 15 is 0 Å². The normalized spacial score (nSPS) is 23.5. The minimum absolute atomic E-state index is 0.0426. The van der Waals surface area contributed by atoms with Crippen molar-refractivity contribution in [1.29, 1.82) is 0 Å². The predicted molar refractivity (Wildman–Crippen MR) is 206 cm³/mol. The number of epoxide rings is 1. The van der Waals surface area contributed by atoms with Crippen molar-refractivity contribution in [2.45, 2.75) is 234 Å². The van der Waals surface area contributed by atoms with Gasteiger partial charge in [-0.2, -0.15) is 0 Å². The molecule has 2 rings (SSSR count). The molecule has 0 amide bonds. The molecule has 0 radical (unpaired) electrons. The number of methoxy groups -OCH3 is 1. The number of fused-ring (bicyclic) bond motifs is 1. The van der Waals surface area contributed by atoms with Crippen LogP contribution < -0.4 is 0 Å². The second kappa shape index (κ2) is 22.8. The largest absolute Gasteiger partial charge is 0.412 e. The van der Waals surface area contributed by atoms with E-state index in [2.05, 4.69) is 109 Å². The summed E-state index contributed by atoms with van der Waals surface area (Å²) in [6, 6.07) is 1.21. The van der Waals surface area contributed by atoms with Gasteiger partial charge in [-0.05, 0) is 102 Å². The lowest BCUT2D eigenvalue weighted by Crippen LogP contribution is -2.47. The Balaban J connectivity index is 0. The zero-order valence-electron chi connectivity index (χ0n) is 33.8. The van der Waals surface area contributed by atoms with Gasteiger partial charge in [0.2, 0.25) is 0 Å². The van der Waals surface area contributed by atoms with Crippen LogP contribution in [0.3, 0.4) is 0 Å². The molecular weight excluding hydrogens is 573 g/mol. The fourth-order valence-electron chi connectivity index (χ4n) is 7.12. The molecule has 1 heterocycles. The van der Waals surface area contributed by atoms with Gasteiger partial charge in [0.15, 0.2) is 8.32 Å². The van der Waals surface area contributed by atoms with Crippen LogP contribution in [0.4, 0.5) is 0 Å². The van der Waals surface area contributed by atoms with Crippen LogP contribution in [0, 0.1) is 11.3 Å². The van der Waals surface area contributed by atoms with Crippen molar-refractivity contribution in [3.63, 3.8) is 0 Å². The van der Waals surface area contributed by atoms with Crippen LogP contribution in [-0.2, 0) is 13.9 Å². The molecule has 0 aromatic carbocycles. The second-order valence-electron chi connectivity index (χ2n) is 17.4. The molecule has 0 N–H and O–H groups in total. The van der Waals surface area contributed by atoms with Gasteiger partial charge in [-0.25, -0.2) is 0 Å². The molecule has 2 fully saturated rings. The number of hydrogen-bond acceptors (Lipinski definition) is 3. The van der Waals surface area contributed by atoms with Gasteiger partial charge in [0.05, 0.1) is 23.4 Å². The topological polar surface area (TPSA) is 31.0 Å². The average molecular weight is 659 g/mol. The van der Waals surface area contributed by atoms with E-state index in [0.717, 1.165) is 25.2 Å². The summed E-state index contributed by atoms with van der Waals surface area (Å²) in [7, 11) is -0.944. The molecule has 5 heteroatoms. The van der Waals surface area contributed by atoms with Crippen molar-refractivity contribution in [3.05, 3.63) is 0 Å². The van der Waals surface area contributed by atoms with Gasteiger partial charge >= 0.3 is 0 Å². The van der Waals surface area contributed by atoms with Crippen LogP contribution in [0.1, 0.15) is 166 Å². The van der Waals surface area contributed by atoms with E-state index in [1.165, 1.54) is 83.1 Å². The van der Waals surface area contributed by atoms with Crippen LogP contribution >= 0.6 is 0 Å². The van der Waals surface area contributed by atoms with Crippen molar-refractivity contribution in [2.24, 2.45) is 11.3 Å². The molecule has 6 unspecified atom stereocenters. The molecule has 0 spiro atoms. The number of unbranched alkanes of at least 4 members (excludes halogenated alkanes) is 3. The summed E-state index contributed by atoms with van der Waals surface area (Å²) in [4.78, 5) is 0. The molecule has 2 aliphatic rings. The summed E-state index contributed by atoms with van der Waals surface area (Å²) in [5, 5.41) is 0. The summed E-state index contributed by atoms with van der Waals surface area (Å²) in [5.41, 5.74) is 0.122. The van der Waals surface area contributed by atoms with E-state index < -0.39 is 16.4 Å². The molecule has 0 aromatic heterocycles. The maximum Gasteiger partial charge on any atom is 0.184 e. The smallest absolute Gasteiger partial charge is 0.184 e. The van der Waals surface area contributed by atoms with Gasteiger partial charge in [-0.3, -0.25) is 0 Å². The fraction of sp³-hybridized carbons (Fsp3) is 1.00. The summed E-state index contributed by atoms with van der Waals surface area (Å²) >= 11 is 0. The fourth-order valence-corrected chi connectivity index (χ4v) is 11.3. The lowest BCUT2D eigenvalue weighted by atomic mass is 9.68. The maximum absolute atomic E-state index is 6.91. The molecule has 1 aliphatic heterocycles. The van der Waals surface area contributed by atoms with Crippen molar-refractivity contribution in [1.82, 2.24) is 0 Å². The monoisotopic (exact) mass is 659 g/mol. The molecule has 1 saturated heterocycles. The molecule has 1 saturated carbocycles. The Kier molecular flexibility index (Phi) is 24.1. The number of hydrogen-bond donors (Lipinski definition) is 0. The molecule has 268 valence electrons. The Hall–Kier alpha value is 0.314. The van der Waals surface area contributed by atoms with Crippen LogP contribution in [0.15, 0.2) is 0 Å². The van der Waals surface area contributed by atoms with E-state index in [0.29, 0.717) is 12.2 Å². The van der Waals surface area contributed by atoms with Crippen molar-refractivity contribution >= 4 is 16.4 Å². The maximum atomic E-state index is 6.91. The van der Waals surface area contributed by atoms with E-state index in [-0.39, 0.29) is 16.6 Å². The second-order valence-corrected chi connectivity index (χ2v) is 27.3. The zero-order chi connectivity index (χ0) is 34.7. The van der Waals surface area contributed by atoms with E-state index in [4.69, 9.17) is 13.9 Å². The molecule has 44 heavy (non-hydrogen) atoms. The Bertz CT molecular complexity index is 672. The van der Waals surface area contributed by atoms with E-state index in [1.54, 1.807) is 0 Å². The van der Waals surface area contributed by atoms with Gasteiger partial charge in [0, 0.05) is 15.2 Å². The molecule has 0 bridgehead atoms. The van der Waals surface area contributed by atoms with Crippen LogP contribution in [0.5, 0.6) is 0 Å². The van der Waals surface area contributed by atoms with Crippen molar-refractivity contribution in [2.75, 3.05) is 7.11 Å². The summed E-state index contributed by atoms with van der Waals surface area (Å²) in [6.07, 6.45) is 20.2. The first kappa shape index (κ1) is 46.4. The Morgan fingerprint density at radius 2 is 1.11 bits per heavy atom. The van der Waals surface area contributed by atoms with Crippen LogP contribution in [-0.4, -0.2) is 46.9 Å². The summed E-state index contributed by atoms with van der Waals surface area (Å²) in [5.74, 6) is 0.833. The quantitative estimate of drug-likeness (QED) is 0.115. The third kappa shape index (κ3) is 23.6. The molecule has 0 aromatic rings. The molecule has 6 atom stereocenters. The first-order valence-electron chi connectivity index (χ1n) is 19.1. The first-order valence-corrected chi connectivity index (χ1v) is 26.3. The lowest BCUT2D eigenvalue weighted by molar-refractivity contribution is -0.0504. The number of rotatable bonds is 17. The van der Waals surface area contributed by atoms with Crippen LogP contribution in [0.2, 0.25) is 45.3 Å². The number of ether oxygens (including phenoxy) is 2. The van der Waals surface area contributed by atoms with Crippen molar-refractivity contribution < 1.29 is 13.9 Å². The summed E-state index contributed by atoms with van der Waals surface area (Å²) < 4.78 is 19.0. The SMILES string of the molecule is CCCC.CCCC.CCCC.CCCC(C)(CC(C)(CCC1CCC2OC2C1)CC(C)(C[Si](C)(C)C)OC)O[Si](C)(C)C. The Morgan fingerprint density at radius 1 is 0.636 bits per heavy atom. The first-order chi connectivity index (χ1) is 20.2. The van der Waals surface area contributed by atoms with Gasteiger partial charge in [-0.1, -0.05) is 120 Å². The van der Waals surface area contributed by atoms with E-state index in [1.807, 2.05) is 7.11 Å². The Labute approximate surface area is 282 Å². The molecule has 1 aliphatic carbocycles. The Morgan fingerprint density at radius 3 is 1.48 bits per heavy atom. The minimum atomic E-state index is -1.63. The van der Waals surface area contributed by atoms with Gasteiger partial charge in [0.1, 0.15) is 0 Å². The molecular formula is C39H86O3Si2.